The van der Waals surface area contributed by atoms with Crippen molar-refractivity contribution in [2.24, 2.45) is 35.5 Å². The molecule has 0 radical (unpaired) electrons. The third-order valence-electron chi connectivity index (χ3n) is 18.6. The van der Waals surface area contributed by atoms with Crippen molar-refractivity contribution in [3.8, 4) is 0 Å². The second kappa shape index (κ2) is 39.3. The number of piperazine rings is 2. The number of aromatic nitrogens is 4. The highest BCUT2D eigenvalue weighted by Gasteiger charge is 2.22. The summed E-state index contributed by atoms with van der Waals surface area (Å²) in [5.41, 5.74) is 11.7. The van der Waals surface area contributed by atoms with Gasteiger partial charge in [0, 0.05) is 77.6 Å². The van der Waals surface area contributed by atoms with Gasteiger partial charge < -0.3 is 31.9 Å². The topological polar surface area (TPSA) is 141 Å². The van der Waals surface area contributed by atoms with E-state index in [-0.39, 0.29) is 0 Å². The molecule has 6 N–H and O–H groups in total. The normalized spacial score (nSPS) is 22.9. The highest BCUT2D eigenvalue weighted by molar-refractivity contribution is 5.53. The number of hydrogen-bond donors (Lipinski definition) is 4. The van der Waals surface area contributed by atoms with Gasteiger partial charge in [-0.1, -0.05) is 227 Å². The van der Waals surface area contributed by atoms with Gasteiger partial charge in [0.1, 0.15) is 23.3 Å². The van der Waals surface area contributed by atoms with Crippen LogP contribution in [0, 0.1) is 35.5 Å². The molecule has 4 aliphatic carbocycles. The zero-order chi connectivity index (χ0) is 54.7. The van der Waals surface area contributed by atoms with Gasteiger partial charge in [0.15, 0.2) is 0 Å². The summed E-state index contributed by atoms with van der Waals surface area (Å²) in [5.74, 6) is 10.6. The zero-order valence-corrected chi connectivity index (χ0v) is 51.2. The third kappa shape index (κ3) is 27.3. The number of anilines is 6. The van der Waals surface area contributed by atoms with Crippen molar-refractivity contribution in [2.45, 2.75) is 253 Å². The van der Waals surface area contributed by atoms with Gasteiger partial charge >= 0.3 is 0 Å². The summed E-state index contributed by atoms with van der Waals surface area (Å²) < 4.78 is 0. The molecule has 442 valence electrons. The quantitative estimate of drug-likeness (QED) is 0.0704. The molecule has 0 unspecified atom stereocenters. The Kier molecular flexibility index (Phi) is 33.0. The molecule has 2 aliphatic heterocycles. The number of nitrogen functional groups attached to an aromatic ring is 2. The molecule has 6 aliphatic rings. The van der Waals surface area contributed by atoms with Crippen LogP contribution >= 0.6 is 0 Å². The average molecular weight is 1070 g/mol. The van der Waals surface area contributed by atoms with Crippen molar-refractivity contribution >= 4 is 35.2 Å². The van der Waals surface area contributed by atoms with Crippen molar-refractivity contribution < 1.29 is 0 Å². The molecule has 8 rings (SSSR count). The van der Waals surface area contributed by atoms with Crippen molar-refractivity contribution in [1.82, 2.24) is 29.7 Å². The van der Waals surface area contributed by atoms with Crippen LogP contribution in [0.1, 0.15) is 253 Å². The highest BCUT2D eigenvalue weighted by atomic mass is 15.3. The second-order valence-electron chi connectivity index (χ2n) is 25.3. The van der Waals surface area contributed by atoms with Crippen LogP contribution in [0.25, 0.3) is 0 Å². The van der Waals surface area contributed by atoms with Crippen LogP contribution in [0.5, 0.6) is 0 Å². The number of unbranched alkanes of at least 4 members (excludes halogenated alkanes) is 7. The minimum atomic E-state index is 0.525. The number of hydrogen-bond acceptors (Lipinski definition) is 12. The van der Waals surface area contributed by atoms with E-state index in [1.165, 1.54) is 186 Å². The summed E-state index contributed by atoms with van der Waals surface area (Å²) in [4.78, 5) is 27.0. The Balaban J connectivity index is 0.000000189. The van der Waals surface area contributed by atoms with Crippen molar-refractivity contribution in [1.29, 1.82) is 0 Å². The third-order valence-corrected chi connectivity index (χ3v) is 18.6. The van der Waals surface area contributed by atoms with Gasteiger partial charge in [-0.15, -0.1) is 0 Å². The second-order valence-corrected chi connectivity index (χ2v) is 25.3. The maximum Gasteiger partial charge on any atom is 0.226 e. The SMILES string of the molecule is CC1CCC(CCCCCCC2CCCCC2)CC1.CC1CCC(CCCCCCC2CCCCC2)CC1.CCCCN1CCN(c2cc(N)nc(NCC)n2)CC1.CCCN1CCN(c2cc(N)nc(NCC)n2)CC1. The average Bonchev–Trinajstić information content (AvgIpc) is 3.44. The van der Waals surface area contributed by atoms with Crippen LogP contribution in [-0.4, -0.2) is 108 Å². The summed E-state index contributed by atoms with van der Waals surface area (Å²) in [5, 5.41) is 6.24. The lowest BCUT2D eigenvalue weighted by atomic mass is 9.80. The molecule has 0 aromatic carbocycles. The predicted molar refractivity (Wildman–Crippen MR) is 335 cm³/mol. The minimum Gasteiger partial charge on any atom is -0.383 e. The molecule has 2 saturated heterocycles. The number of nitrogens with zero attached hydrogens (tertiary/aromatic N) is 8. The summed E-state index contributed by atoms with van der Waals surface area (Å²) in [6, 6.07) is 3.72. The summed E-state index contributed by atoms with van der Waals surface area (Å²) in [7, 11) is 0. The van der Waals surface area contributed by atoms with Gasteiger partial charge in [-0.2, -0.15) is 19.9 Å². The Hall–Kier alpha value is -3.12. The fourth-order valence-corrected chi connectivity index (χ4v) is 13.4. The first-order chi connectivity index (χ1) is 37.6. The number of rotatable bonds is 25. The molecule has 2 aromatic heterocycles. The fourth-order valence-electron chi connectivity index (χ4n) is 13.4. The zero-order valence-electron chi connectivity index (χ0n) is 51.2. The van der Waals surface area contributed by atoms with Gasteiger partial charge in [0.25, 0.3) is 0 Å². The monoisotopic (exact) mass is 1070 g/mol. The molecule has 6 fully saturated rings. The Morgan fingerprint density at radius 2 is 0.753 bits per heavy atom. The van der Waals surface area contributed by atoms with E-state index in [0.717, 1.165) is 113 Å². The molecular weight excluding hydrogens is 949 g/mol. The van der Waals surface area contributed by atoms with E-state index in [4.69, 9.17) is 11.5 Å². The van der Waals surface area contributed by atoms with Crippen LogP contribution in [0.3, 0.4) is 0 Å². The Morgan fingerprint density at radius 1 is 0.403 bits per heavy atom. The summed E-state index contributed by atoms with van der Waals surface area (Å²) in [6.45, 7) is 25.8. The van der Waals surface area contributed by atoms with Crippen molar-refractivity contribution in [2.75, 3.05) is 110 Å². The number of nitrogens with two attached hydrogens (primary N) is 2. The van der Waals surface area contributed by atoms with Crippen molar-refractivity contribution in [3.63, 3.8) is 0 Å². The Labute approximate surface area is 474 Å². The standard InChI is InChI=1S/2C19H36.C14H26N6.C13H24N6/c2*1-17-13-15-19(16-14-17)12-6-3-2-5-9-18-10-7-4-8-11-18;1-3-5-6-19-7-9-20(10-8-19)13-11-12(15)17-14(18-13)16-4-2;1-3-5-18-6-8-19(9-7-18)12-10-11(14)16-13(17-12)15-4-2/h2*17-19H,2-16H2,1H3;11H,3-10H2,1-2H3,(H3,15,16,17,18);10H,3-9H2,1-2H3,(H3,14,15,16,17). The number of nitrogens with one attached hydrogen (secondary N) is 2. The van der Waals surface area contributed by atoms with Crippen LogP contribution in [0.2, 0.25) is 0 Å². The molecule has 0 atom stereocenters. The van der Waals surface area contributed by atoms with E-state index >= 15 is 0 Å². The van der Waals surface area contributed by atoms with Gasteiger partial charge in [-0.25, -0.2) is 0 Å². The highest BCUT2D eigenvalue weighted by Crippen LogP contribution is 2.34. The van der Waals surface area contributed by atoms with E-state index in [9.17, 15) is 0 Å². The molecule has 0 spiro atoms. The van der Waals surface area contributed by atoms with E-state index in [0.29, 0.717) is 23.5 Å². The lowest BCUT2D eigenvalue weighted by Gasteiger charge is -2.35. The smallest absolute Gasteiger partial charge is 0.226 e. The Morgan fingerprint density at radius 3 is 1.09 bits per heavy atom. The fraction of sp³-hybridized carbons (Fsp3) is 0.877. The summed E-state index contributed by atoms with van der Waals surface area (Å²) >= 11 is 0. The van der Waals surface area contributed by atoms with Gasteiger partial charge in [-0.3, -0.25) is 9.80 Å². The van der Waals surface area contributed by atoms with Crippen LogP contribution < -0.4 is 31.9 Å². The van der Waals surface area contributed by atoms with E-state index < -0.39 is 0 Å². The van der Waals surface area contributed by atoms with Gasteiger partial charge in [0.2, 0.25) is 11.9 Å². The molecule has 77 heavy (non-hydrogen) atoms. The lowest BCUT2D eigenvalue weighted by molar-refractivity contribution is 0.253. The minimum absolute atomic E-state index is 0.525. The molecule has 12 nitrogen and oxygen atoms in total. The maximum absolute atomic E-state index is 5.86. The first-order valence-electron chi connectivity index (χ1n) is 33.4. The van der Waals surface area contributed by atoms with Crippen LogP contribution in [-0.2, 0) is 0 Å². The largest absolute Gasteiger partial charge is 0.383 e. The van der Waals surface area contributed by atoms with E-state index in [1.54, 1.807) is 38.5 Å². The lowest BCUT2D eigenvalue weighted by Crippen LogP contribution is -2.47. The molecule has 2 aromatic rings. The van der Waals surface area contributed by atoms with Gasteiger partial charge in [-0.05, 0) is 75.3 Å². The van der Waals surface area contributed by atoms with Crippen LogP contribution in [0.4, 0.5) is 35.2 Å². The van der Waals surface area contributed by atoms with E-state index in [2.05, 4.69) is 77.9 Å². The van der Waals surface area contributed by atoms with Gasteiger partial charge in [0.05, 0.1) is 0 Å². The van der Waals surface area contributed by atoms with Crippen LogP contribution in [0.15, 0.2) is 12.1 Å². The van der Waals surface area contributed by atoms with Crippen molar-refractivity contribution in [3.05, 3.63) is 12.1 Å². The summed E-state index contributed by atoms with van der Waals surface area (Å²) in [6.07, 6.45) is 49.5. The molecule has 4 heterocycles. The Bertz CT molecular complexity index is 1690. The molecule has 4 saturated carbocycles. The molecule has 0 bridgehead atoms. The molecule has 12 heteroatoms. The first kappa shape index (κ1) is 64.7. The first-order valence-corrected chi connectivity index (χ1v) is 33.4. The maximum atomic E-state index is 5.86. The molecule has 0 amide bonds. The predicted octanol–water partition coefficient (Wildman–Crippen LogP) is 15.9. The molecular formula is C65H122N12. The van der Waals surface area contributed by atoms with E-state index in [1.807, 2.05) is 26.0 Å².